The number of nitrogens with zero attached hydrogens (tertiary/aromatic N) is 1. The summed E-state index contributed by atoms with van der Waals surface area (Å²) in [4.78, 5) is 12.2. The second-order valence-electron chi connectivity index (χ2n) is 7.17. The molecule has 0 unspecified atom stereocenters. The summed E-state index contributed by atoms with van der Waals surface area (Å²) >= 11 is 6.92. The number of nitrogens with one attached hydrogen (secondary N) is 1. The zero-order valence-corrected chi connectivity index (χ0v) is 20.8. The predicted octanol–water partition coefficient (Wildman–Crippen LogP) is 7.73. The molecule has 174 valence electrons. The number of hydrogen-bond acceptors (Lipinski definition) is 3. The average Bonchev–Trinajstić information content (AvgIpc) is 2.74. The Labute approximate surface area is 202 Å². The van der Waals surface area contributed by atoms with Gasteiger partial charge < -0.3 is 4.74 Å². The second-order valence-corrected chi connectivity index (χ2v) is 8.88. The molecule has 32 heavy (non-hydrogen) atoms. The molecular weight excluding hydrogens is 553 g/mol. The van der Waals surface area contributed by atoms with E-state index in [9.17, 15) is 18.0 Å². The monoisotopic (exact) mass is 576 g/mol. The van der Waals surface area contributed by atoms with Gasteiger partial charge in [-0.15, -0.1) is 0 Å². The maximum absolute atomic E-state index is 13.1. The molecular formula is C23H25Br2F3N2O2. The number of carbonyl (C=O) groups excluding carboxylic acids is 1. The molecule has 0 radical (unpaired) electrons. The van der Waals surface area contributed by atoms with Gasteiger partial charge in [-0.2, -0.15) is 18.3 Å². The molecule has 1 amide bonds. The lowest BCUT2D eigenvalue weighted by Gasteiger charge is -2.12. The third-order valence-corrected chi connectivity index (χ3v) is 5.80. The number of rotatable bonds is 11. The van der Waals surface area contributed by atoms with Crippen LogP contribution in [0.15, 0.2) is 50.4 Å². The predicted molar refractivity (Wildman–Crippen MR) is 127 cm³/mol. The lowest BCUT2D eigenvalue weighted by Crippen LogP contribution is -2.22. The highest BCUT2D eigenvalue weighted by Crippen LogP contribution is 2.35. The lowest BCUT2D eigenvalue weighted by molar-refractivity contribution is -0.137. The molecule has 0 saturated carbocycles. The van der Waals surface area contributed by atoms with Gasteiger partial charge >= 0.3 is 6.18 Å². The van der Waals surface area contributed by atoms with Gasteiger partial charge in [0.05, 0.1) is 32.9 Å². The standard InChI is InChI=1S/C23H25Br2F3N2O2/c1-2-3-4-5-6-9-12-32-21-19(24)13-16(14-20(21)25)15-29-30-22(31)17-10-7-8-11-18(17)23(26,27)28/h7-8,10-11,13-15H,2-6,9,12H2,1H3,(H,30,31)/b29-15+. The van der Waals surface area contributed by atoms with E-state index < -0.39 is 23.2 Å². The Morgan fingerprint density at radius 3 is 2.34 bits per heavy atom. The summed E-state index contributed by atoms with van der Waals surface area (Å²) in [5.41, 5.74) is 1.27. The molecule has 4 nitrogen and oxygen atoms in total. The van der Waals surface area contributed by atoms with E-state index in [2.05, 4.69) is 49.3 Å². The van der Waals surface area contributed by atoms with Crippen molar-refractivity contribution in [3.8, 4) is 5.75 Å². The Morgan fingerprint density at radius 2 is 1.69 bits per heavy atom. The maximum Gasteiger partial charge on any atom is 0.417 e. The molecule has 1 N–H and O–H groups in total. The summed E-state index contributed by atoms with van der Waals surface area (Å²) in [6.45, 7) is 2.79. The maximum atomic E-state index is 13.1. The first-order valence-electron chi connectivity index (χ1n) is 10.4. The third kappa shape index (κ3) is 8.24. The van der Waals surface area contributed by atoms with E-state index in [1.54, 1.807) is 12.1 Å². The minimum atomic E-state index is -4.63. The number of carbonyl (C=O) groups is 1. The van der Waals surface area contributed by atoms with Crippen LogP contribution in [0.2, 0.25) is 0 Å². The Balaban J connectivity index is 1.94. The molecule has 2 aromatic rings. The zero-order chi connectivity index (χ0) is 23.6. The third-order valence-electron chi connectivity index (χ3n) is 4.62. The van der Waals surface area contributed by atoms with Gasteiger partial charge in [-0.05, 0) is 68.1 Å². The van der Waals surface area contributed by atoms with Crippen LogP contribution in [0, 0.1) is 0 Å². The summed E-state index contributed by atoms with van der Waals surface area (Å²) in [6.07, 6.45) is 3.74. The minimum Gasteiger partial charge on any atom is -0.491 e. The molecule has 0 bridgehead atoms. The second kappa shape index (κ2) is 13.0. The Bertz CT molecular complexity index is 911. The highest BCUT2D eigenvalue weighted by molar-refractivity contribution is 9.11. The highest BCUT2D eigenvalue weighted by atomic mass is 79.9. The van der Waals surface area contributed by atoms with Gasteiger partial charge in [0.2, 0.25) is 0 Å². The van der Waals surface area contributed by atoms with Crippen molar-refractivity contribution in [2.45, 2.75) is 51.6 Å². The normalized spacial score (nSPS) is 11.7. The smallest absolute Gasteiger partial charge is 0.417 e. The van der Waals surface area contributed by atoms with Gasteiger partial charge in [0, 0.05) is 0 Å². The van der Waals surface area contributed by atoms with Gasteiger partial charge in [0.15, 0.2) is 0 Å². The molecule has 0 heterocycles. The van der Waals surface area contributed by atoms with Crippen LogP contribution < -0.4 is 10.2 Å². The molecule has 0 fully saturated rings. The fraction of sp³-hybridized carbons (Fsp3) is 0.391. The van der Waals surface area contributed by atoms with Gasteiger partial charge in [-0.25, -0.2) is 5.43 Å². The Morgan fingerprint density at radius 1 is 1.06 bits per heavy atom. The molecule has 0 atom stereocenters. The number of ether oxygens (including phenoxy) is 1. The first-order chi connectivity index (χ1) is 15.2. The SMILES string of the molecule is CCCCCCCCOc1c(Br)cc(/C=N/NC(=O)c2ccccc2C(F)(F)F)cc1Br. The van der Waals surface area contributed by atoms with Gasteiger partial charge in [0.25, 0.3) is 5.91 Å². The first-order valence-corrected chi connectivity index (χ1v) is 11.9. The van der Waals surface area contributed by atoms with Gasteiger partial charge in [-0.3, -0.25) is 4.79 Å². The van der Waals surface area contributed by atoms with Crippen molar-refractivity contribution >= 4 is 44.0 Å². The molecule has 2 rings (SSSR count). The Kier molecular flexibility index (Phi) is 10.7. The van der Waals surface area contributed by atoms with Crippen molar-refractivity contribution in [3.05, 3.63) is 62.0 Å². The van der Waals surface area contributed by atoms with Crippen LogP contribution >= 0.6 is 31.9 Å². The van der Waals surface area contributed by atoms with E-state index in [4.69, 9.17) is 4.74 Å². The summed E-state index contributed by atoms with van der Waals surface area (Å²) in [7, 11) is 0. The largest absolute Gasteiger partial charge is 0.491 e. The molecule has 0 aliphatic heterocycles. The zero-order valence-electron chi connectivity index (χ0n) is 17.6. The molecule has 2 aromatic carbocycles. The molecule has 0 spiro atoms. The van der Waals surface area contributed by atoms with Crippen molar-refractivity contribution in [2.24, 2.45) is 5.10 Å². The number of halogens is 5. The van der Waals surface area contributed by atoms with Crippen molar-refractivity contribution in [2.75, 3.05) is 6.61 Å². The summed E-state index contributed by atoms with van der Waals surface area (Å²) in [5.74, 6) is -0.273. The molecule has 0 aliphatic rings. The van der Waals surface area contributed by atoms with Crippen molar-refractivity contribution < 1.29 is 22.7 Å². The topological polar surface area (TPSA) is 50.7 Å². The van der Waals surface area contributed by atoms with Crippen LogP contribution in [0.3, 0.4) is 0 Å². The van der Waals surface area contributed by atoms with E-state index in [1.165, 1.54) is 44.0 Å². The van der Waals surface area contributed by atoms with Crippen LogP contribution in [0.1, 0.15) is 66.9 Å². The minimum absolute atomic E-state index is 0.488. The van der Waals surface area contributed by atoms with E-state index in [-0.39, 0.29) is 0 Å². The van der Waals surface area contributed by atoms with E-state index in [1.807, 2.05) is 0 Å². The van der Waals surface area contributed by atoms with Crippen LogP contribution in [-0.4, -0.2) is 18.7 Å². The quantitative estimate of drug-likeness (QED) is 0.169. The number of hydrogen-bond donors (Lipinski definition) is 1. The average molecular weight is 578 g/mol. The van der Waals surface area contributed by atoms with Gasteiger partial charge in [0.1, 0.15) is 5.75 Å². The van der Waals surface area contributed by atoms with Gasteiger partial charge in [-0.1, -0.05) is 51.2 Å². The number of hydrazone groups is 1. The number of benzene rings is 2. The number of alkyl halides is 3. The number of amides is 1. The fourth-order valence-electron chi connectivity index (χ4n) is 3.00. The van der Waals surface area contributed by atoms with Crippen LogP contribution in [0.4, 0.5) is 13.2 Å². The fourth-order valence-corrected chi connectivity index (χ4v) is 4.45. The van der Waals surface area contributed by atoms with E-state index in [0.717, 1.165) is 25.0 Å². The first kappa shape index (κ1) is 26.4. The van der Waals surface area contributed by atoms with Crippen LogP contribution in [0.5, 0.6) is 5.75 Å². The number of unbranched alkanes of at least 4 members (excludes halogenated alkanes) is 5. The van der Waals surface area contributed by atoms with Crippen LogP contribution in [0.25, 0.3) is 0 Å². The van der Waals surface area contributed by atoms with Crippen LogP contribution in [-0.2, 0) is 6.18 Å². The molecule has 0 aliphatic carbocycles. The summed E-state index contributed by atoms with van der Waals surface area (Å²) < 4.78 is 46.5. The lowest BCUT2D eigenvalue weighted by atomic mass is 10.1. The van der Waals surface area contributed by atoms with Crippen molar-refractivity contribution in [1.82, 2.24) is 5.43 Å². The molecule has 0 saturated heterocycles. The highest BCUT2D eigenvalue weighted by Gasteiger charge is 2.34. The summed E-state index contributed by atoms with van der Waals surface area (Å²) in [5, 5.41) is 3.79. The van der Waals surface area contributed by atoms with Crippen molar-refractivity contribution in [3.63, 3.8) is 0 Å². The molecule has 0 aromatic heterocycles. The van der Waals surface area contributed by atoms with Crippen molar-refractivity contribution in [1.29, 1.82) is 0 Å². The summed E-state index contributed by atoms with van der Waals surface area (Å²) in [6, 6.07) is 8.06. The molecule has 9 heteroatoms. The van der Waals surface area contributed by atoms with E-state index >= 15 is 0 Å². The Hall–Kier alpha value is -1.87. The van der Waals surface area contributed by atoms with E-state index in [0.29, 0.717) is 26.9 Å².